The van der Waals surface area contributed by atoms with Crippen molar-refractivity contribution >= 4 is 17.3 Å². The van der Waals surface area contributed by atoms with E-state index >= 15 is 0 Å². The minimum absolute atomic E-state index is 0.520. The minimum Gasteiger partial charge on any atom is -0.480 e. The molecule has 110 valence electrons. The van der Waals surface area contributed by atoms with Gasteiger partial charge in [0.2, 0.25) is 0 Å². The van der Waals surface area contributed by atoms with E-state index in [0.29, 0.717) is 13.0 Å². The summed E-state index contributed by atoms with van der Waals surface area (Å²) in [5.74, 6) is -0.933. The van der Waals surface area contributed by atoms with Gasteiger partial charge < -0.3 is 16.6 Å². The molecular weight excluding hydrogens is 278 g/mol. The van der Waals surface area contributed by atoms with E-state index < -0.39 is 12.0 Å². The topological polar surface area (TPSA) is 131 Å². The summed E-state index contributed by atoms with van der Waals surface area (Å²) in [6.45, 7) is 0.604. The maximum atomic E-state index is 10.1. The average Bonchev–Trinajstić information content (AvgIpc) is 3.12. The van der Waals surface area contributed by atoms with Crippen LogP contribution in [0, 0.1) is 0 Å². The first-order chi connectivity index (χ1) is 9.65. The number of carbonyl (C=O) groups is 1. The third-order valence-electron chi connectivity index (χ3n) is 2.48. The molecule has 0 bridgehead atoms. The van der Waals surface area contributed by atoms with Gasteiger partial charge in [-0.25, -0.2) is 0 Å². The molecule has 0 spiro atoms. The van der Waals surface area contributed by atoms with Crippen LogP contribution in [0.2, 0.25) is 0 Å². The molecule has 20 heavy (non-hydrogen) atoms. The molecule has 8 heteroatoms. The zero-order valence-corrected chi connectivity index (χ0v) is 11.8. The van der Waals surface area contributed by atoms with Crippen molar-refractivity contribution in [2.24, 2.45) is 11.5 Å². The van der Waals surface area contributed by atoms with Crippen LogP contribution in [0.5, 0.6) is 0 Å². The molecule has 0 aliphatic heterocycles. The Morgan fingerprint density at radius 3 is 2.80 bits per heavy atom. The second-order valence-corrected chi connectivity index (χ2v) is 5.01. The molecule has 0 saturated carbocycles. The van der Waals surface area contributed by atoms with Crippen molar-refractivity contribution in [1.29, 1.82) is 0 Å². The number of aliphatic carboxylic acids is 1. The Balaban J connectivity index is 0.000000200. The standard InChI is InChI=1S/C6H5N3S.C6H14N2O2/c1-2-6(10-3-1)5-4-7-9-8-5;7-4-2-1-3-5(8)6(9)10/h1-4H,(H,7,8,9);5H,1-4,7-8H2,(H,9,10). The number of nitrogens with two attached hydrogens (primary N) is 2. The number of hydrogen-bond donors (Lipinski definition) is 4. The molecule has 0 aliphatic rings. The lowest BCUT2D eigenvalue weighted by molar-refractivity contribution is -0.138. The normalized spacial score (nSPS) is 11.5. The minimum atomic E-state index is -0.933. The molecule has 2 heterocycles. The van der Waals surface area contributed by atoms with Crippen LogP contribution in [0.1, 0.15) is 19.3 Å². The lowest BCUT2D eigenvalue weighted by Gasteiger charge is -2.03. The van der Waals surface area contributed by atoms with Crippen LogP contribution in [0.15, 0.2) is 23.7 Å². The Labute approximate surface area is 121 Å². The number of rotatable bonds is 6. The van der Waals surface area contributed by atoms with Gasteiger partial charge >= 0.3 is 5.97 Å². The summed E-state index contributed by atoms with van der Waals surface area (Å²) >= 11 is 1.66. The van der Waals surface area contributed by atoms with Crippen molar-refractivity contribution in [3.63, 3.8) is 0 Å². The predicted octanol–water partition coefficient (Wildman–Crippen LogP) is 1.06. The predicted molar refractivity (Wildman–Crippen MR) is 78.2 cm³/mol. The van der Waals surface area contributed by atoms with Crippen LogP contribution in [0.25, 0.3) is 10.6 Å². The van der Waals surface area contributed by atoms with Crippen molar-refractivity contribution in [1.82, 2.24) is 15.4 Å². The van der Waals surface area contributed by atoms with Crippen molar-refractivity contribution in [2.45, 2.75) is 25.3 Å². The molecule has 6 N–H and O–H groups in total. The number of H-pyrrole nitrogens is 1. The Morgan fingerprint density at radius 2 is 2.30 bits per heavy atom. The maximum Gasteiger partial charge on any atom is 0.320 e. The summed E-state index contributed by atoms with van der Waals surface area (Å²) in [6, 6.07) is 3.29. The lowest BCUT2D eigenvalue weighted by Crippen LogP contribution is -2.29. The molecule has 0 fully saturated rings. The highest BCUT2D eigenvalue weighted by Gasteiger charge is 2.09. The number of aromatic nitrogens is 3. The first-order valence-corrected chi connectivity index (χ1v) is 7.12. The van der Waals surface area contributed by atoms with E-state index in [2.05, 4.69) is 15.4 Å². The van der Waals surface area contributed by atoms with E-state index in [9.17, 15) is 4.79 Å². The highest BCUT2D eigenvalue weighted by atomic mass is 32.1. The number of carboxylic acid groups (broad SMARTS) is 1. The van der Waals surface area contributed by atoms with Crippen LogP contribution in [-0.2, 0) is 4.79 Å². The van der Waals surface area contributed by atoms with Gasteiger partial charge in [-0.05, 0) is 30.8 Å². The highest BCUT2D eigenvalue weighted by Crippen LogP contribution is 2.20. The number of aromatic amines is 1. The van der Waals surface area contributed by atoms with Crippen LogP contribution in [0.3, 0.4) is 0 Å². The van der Waals surface area contributed by atoms with E-state index in [1.807, 2.05) is 17.5 Å². The molecule has 0 aliphatic carbocycles. The van der Waals surface area contributed by atoms with Gasteiger partial charge in [-0.2, -0.15) is 0 Å². The summed E-state index contributed by atoms with van der Waals surface area (Å²) in [5.41, 5.74) is 11.3. The van der Waals surface area contributed by atoms with Crippen molar-refractivity contribution in [3.8, 4) is 10.6 Å². The molecule has 7 nitrogen and oxygen atoms in total. The summed E-state index contributed by atoms with van der Waals surface area (Å²) < 4.78 is 0. The van der Waals surface area contributed by atoms with Crippen LogP contribution in [0.4, 0.5) is 0 Å². The summed E-state index contributed by atoms with van der Waals surface area (Å²) in [6.07, 6.45) is 3.95. The molecule has 2 rings (SSSR count). The third kappa shape index (κ3) is 5.91. The molecule has 1 atom stereocenters. The second kappa shape index (κ2) is 9.18. The first-order valence-electron chi connectivity index (χ1n) is 6.24. The Hall–Kier alpha value is -1.77. The SMILES string of the molecule is NCCCCC(N)C(=O)O.c1csc(-c2c[nH]nn2)c1. The van der Waals surface area contributed by atoms with Gasteiger partial charge in [0.25, 0.3) is 0 Å². The fraction of sp³-hybridized carbons (Fsp3) is 0.417. The van der Waals surface area contributed by atoms with Gasteiger partial charge in [0.1, 0.15) is 11.7 Å². The summed E-state index contributed by atoms with van der Waals surface area (Å²) in [5, 5.41) is 20.5. The summed E-state index contributed by atoms with van der Waals surface area (Å²) in [4.78, 5) is 11.3. The highest BCUT2D eigenvalue weighted by molar-refractivity contribution is 7.13. The van der Waals surface area contributed by atoms with Crippen molar-refractivity contribution < 1.29 is 9.90 Å². The van der Waals surface area contributed by atoms with Gasteiger partial charge in [0, 0.05) is 0 Å². The molecule has 0 radical (unpaired) electrons. The van der Waals surface area contributed by atoms with E-state index in [1.54, 1.807) is 17.5 Å². The Bertz CT molecular complexity index is 440. The largest absolute Gasteiger partial charge is 0.480 e. The van der Waals surface area contributed by atoms with Gasteiger partial charge in [-0.15, -0.1) is 16.4 Å². The van der Waals surface area contributed by atoms with Crippen molar-refractivity contribution in [3.05, 3.63) is 23.7 Å². The molecule has 1 unspecified atom stereocenters. The Kier molecular flexibility index (Phi) is 7.48. The van der Waals surface area contributed by atoms with E-state index in [4.69, 9.17) is 16.6 Å². The Morgan fingerprint density at radius 1 is 1.50 bits per heavy atom. The molecule has 0 aromatic carbocycles. The van der Waals surface area contributed by atoms with Crippen LogP contribution < -0.4 is 11.5 Å². The number of carboxylic acids is 1. The van der Waals surface area contributed by atoms with E-state index in [0.717, 1.165) is 23.4 Å². The van der Waals surface area contributed by atoms with Crippen LogP contribution in [-0.4, -0.2) is 39.1 Å². The number of thiophene rings is 1. The quantitative estimate of drug-likeness (QED) is 0.590. The molecule has 0 saturated heterocycles. The van der Waals surface area contributed by atoms with Crippen molar-refractivity contribution in [2.75, 3.05) is 6.54 Å². The second-order valence-electron chi connectivity index (χ2n) is 4.07. The van der Waals surface area contributed by atoms with E-state index in [1.165, 1.54) is 0 Å². The number of unbranched alkanes of at least 4 members (excludes halogenated alkanes) is 1. The van der Waals surface area contributed by atoms with Gasteiger partial charge in [-0.1, -0.05) is 17.7 Å². The van der Waals surface area contributed by atoms with Crippen LogP contribution >= 0.6 is 11.3 Å². The average molecular weight is 297 g/mol. The van der Waals surface area contributed by atoms with Gasteiger partial charge in [0.05, 0.1) is 11.1 Å². The zero-order valence-electron chi connectivity index (χ0n) is 11.0. The maximum absolute atomic E-state index is 10.1. The third-order valence-corrected chi connectivity index (χ3v) is 3.37. The fourth-order valence-electron chi connectivity index (χ4n) is 1.38. The number of nitrogens with one attached hydrogen (secondary N) is 1. The molecule has 2 aromatic rings. The zero-order chi connectivity index (χ0) is 14.8. The number of hydrogen-bond acceptors (Lipinski definition) is 6. The van der Waals surface area contributed by atoms with E-state index in [-0.39, 0.29) is 0 Å². The van der Waals surface area contributed by atoms with Gasteiger partial charge in [-0.3, -0.25) is 9.89 Å². The monoisotopic (exact) mass is 297 g/mol. The lowest BCUT2D eigenvalue weighted by atomic mass is 10.1. The number of nitrogens with zero attached hydrogens (tertiary/aromatic N) is 2. The molecular formula is C12H19N5O2S. The molecule has 0 amide bonds. The smallest absolute Gasteiger partial charge is 0.320 e. The van der Waals surface area contributed by atoms with Gasteiger partial charge in [0.15, 0.2) is 0 Å². The summed E-state index contributed by atoms with van der Waals surface area (Å²) in [7, 11) is 0. The fourth-order valence-corrected chi connectivity index (χ4v) is 2.06. The first kappa shape index (κ1) is 16.3. The molecule has 2 aromatic heterocycles.